The lowest BCUT2D eigenvalue weighted by Gasteiger charge is -2.16. The normalized spacial score (nSPS) is 13.6. The second-order valence-corrected chi connectivity index (χ2v) is 7.31. The number of imide groups is 1. The molecule has 4 rings (SSSR count). The van der Waals surface area contributed by atoms with Crippen LogP contribution >= 0.6 is 11.6 Å². The summed E-state index contributed by atoms with van der Waals surface area (Å²) in [5.41, 5.74) is 1.32. The quantitative estimate of drug-likeness (QED) is 0.539. The van der Waals surface area contributed by atoms with Crippen molar-refractivity contribution in [2.45, 2.75) is 0 Å². The van der Waals surface area contributed by atoms with E-state index in [-0.39, 0.29) is 11.3 Å². The first kappa shape index (κ1) is 21.4. The fourth-order valence-electron chi connectivity index (χ4n) is 3.40. The fourth-order valence-corrected chi connectivity index (χ4v) is 3.53. The van der Waals surface area contributed by atoms with E-state index in [9.17, 15) is 14.0 Å². The summed E-state index contributed by atoms with van der Waals surface area (Å²) in [6.45, 7) is 0. The number of rotatable bonds is 6. The van der Waals surface area contributed by atoms with Crippen molar-refractivity contribution in [2.75, 3.05) is 24.4 Å². The summed E-state index contributed by atoms with van der Waals surface area (Å²) in [7, 11) is 3.01. The predicted molar refractivity (Wildman–Crippen MR) is 120 cm³/mol. The van der Waals surface area contributed by atoms with Gasteiger partial charge in [0.25, 0.3) is 11.8 Å². The number of halogens is 2. The van der Waals surface area contributed by atoms with Gasteiger partial charge in [-0.2, -0.15) is 0 Å². The van der Waals surface area contributed by atoms with E-state index in [0.717, 1.165) is 4.90 Å². The lowest BCUT2D eigenvalue weighted by molar-refractivity contribution is -0.120. The van der Waals surface area contributed by atoms with Crippen LogP contribution in [-0.2, 0) is 9.59 Å². The number of anilines is 2. The molecule has 1 aliphatic rings. The number of hydrogen-bond donors (Lipinski definition) is 1. The van der Waals surface area contributed by atoms with E-state index in [1.165, 1.54) is 38.5 Å². The minimum Gasteiger partial charge on any atom is -0.497 e. The molecule has 0 saturated heterocycles. The lowest BCUT2D eigenvalue weighted by Crippen LogP contribution is -2.32. The molecule has 0 saturated carbocycles. The highest BCUT2D eigenvalue weighted by molar-refractivity contribution is 6.46. The summed E-state index contributed by atoms with van der Waals surface area (Å²) >= 11 is 5.96. The van der Waals surface area contributed by atoms with Crippen LogP contribution in [0.5, 0.6) is 11.5 Å². The summed E-state index contributed by atoms with van der Waals surface area (Å²) in [4.78, 5) is 27.9. The summed E-state index contributed by atoms with van der Waals surface area (Å²) in [6.07, 6.45) is 0. The van der Waals surface area contributed by atoms with Crippen LogP contribution in [0.15, 0.2) is 72.4 Å². The van der Waals surface area contributed by atoms with Gasteiger partial charge in [-0.15, -0.1) is 0 Å². The topological polar surface area (TPSA) is 67.9 Å². The van der Waals surface area contributed by atoms with E-state index in [1.54, 1.807) is 42.5 Å². The summed E-state index contributed by atoms with van der Waals surface area (Å²) in [6, 6.07) is 16.7. The van der Waals surface area contributed by atoms with Crippen LogP contribution in [0.2, 0.25) is 5.02 Å². The molecule has 0 aliphatic carbocycles. The Balaban J connectivity index is 1.84. The van der Waals surface area contributed by atoms with Crippen molar-refractivity contribution in [1.29, 1.82) is 0 Å². The van der Waals surface area contributed by atoms with E-state index >= 15 is 0 Å². The second-order valence-electron chi connectivity index (χ2n) is 6.87. The van der Waals surface area contributed by atoms with Crippen LogP contribution in [0.25, 0.3) is 5.57 Å². The third kappa shape index (κ3) is 3.90. The molecule has 0 atom stereocenters. The number of benzene rings is 3. The lowest BCUT2D eigenvalue weighted by atomic mass is 10.0. The molecule has 1 heterocycles. The van der Waals surface area contributed by atoms with Gasteiger partial charge in [-0.05, 0) is 54.1 Å². The van der Waals surface area contributed by atoms with E-state index < -0.39 is 17.6 Å². The highest BCUT2D eigenvalue weighted by Crippen LogP contribution is 2.37. The van der Waals surface area contributed by atoms with Crippen molar-refractivity contribution in [3.63, 3.8) is 0 Å². The Hall–Kier alpha value is -3.84. The molecule has 1 aliphatic heterocycles. The van der Waals surface area contributed by atoms with Crippen molar-refractivity contribution in [3.05, 3.63) is 88.8 Å². The highest BCUT2D eigenvalue weighted by Gasteiger charge is 2.40. The monoisotopic (exact) mass is 452 g/mol. The standard InChI is InChI=1S/C24H18ClFN2O4/c1-31-18-11-12-20(32-2)19(13-18)27-22-21(14-3-7-16(26)8-4-14)23(29)28(24(22)30)17-9-5-15(25)6-10-17/h3-13,27H,1-2H3. The van der Waals surface area contributed by atoms with Crippen LogP contribution < -0.4 is 19.7 Å². The van der Waals surface area contributed by atoms with Crippen LogP contribution in [0.3, 0.4) is 0 Å². The molecular weight excluding hydrogens is 435 g/mol. The Morgan fingerprint density at radius 1 is 0.875 bits per heavy atom. The van der Waals surface area contributed by atoms with Crippen molar-refractivity contribution in [2.24, 2.45) is 0 Å². The van der Waals surface area contributed by atoms with Gasteiger partial charge in [-0.3, -0.25) is 9.59 Å². The zero-order valence-electron chi connectivity index (χ0n) is 17.2. The number of carbonyl (C=O) groups is 2. The van der Waals surface area contributed by atoms with Gasteiger partial charge in [0.15, 0.2) is 0 Å². The third-order valence-electron chi connectivity index (χ3n) is 4.97. The van der Waals surface area contributed by atoms with Crippen molar-refractivity contribution < 1.29 is 23.5 Å². The van der Waals surface area contributed by atoms with Gasteiger partial charge in [0, 0.05) is 11.1 Å². The zero-order valence-corrected chi connectivity index (χ0v) is 17.9. The van der Waals surface area contributed by atoms with Crippen LogP contribution in [0.4, 0.5) is 15.8 Å². The number of amides is 2. The number of carbonyl (C=O) groups excluding carboxylic acids is 2. The van der Waals surface area contributed by atoms with Crippen LogP contribution in [-0.4, -0.2) is 26.0 Å². The molecule has 1 N–H and O–H groups in total. The van der Waals surface area contributed by atoms with Crippen molar-refractivity contribution in [1.82, 2.24) is 0 Å². The Morgan fingerprint density at radius 3 is 2.19 bits per heavy atom. The first-order valence-electron chi connectivity index (χ1n) is 9.56. The average Bonchev–Trinajstić information content (AvgIpc) is 3.04. The Labute approximate surface area is 188 Å². The summed E-state index contributed by atoms with van der Waals surface area (Å²) < 4.78 is 24.2. The molecule has 162 valence electrons. The molecule has 0 spiro atoms. The SMILES string of the molecule is COc1ccc(OC)c(NC2=C(c3ccc(F)cc3)C(=O)N(c3ccc(Cl)cc3)C2=O)c1. The van der Waals surface area contributed by atoms with Gasteiger partial charge in [-0.1, -0.05) is 23.7 Å². The van der Waals surface area contributed by atoms with Crippen LogP contribution in [0.1, 0.15) is 5.56 Å². The molecule has 3 aromatic rings. The number of hydrogen-bond acceptors (Lipinski definition) is 5. The van der Waals surface area contributed by atoms with E-state index in [2.05, 4.69) is 5.32 Å². The molecule has 2 amide bonds. The fraction of sp³-hybridized carbons (Fsp3) is 0.0833. The Kier molecular flexibility index (Phi) is 5.83. The molecule has 0 aromatic heterocycles. The Morgan fingerprint density at radius 2 is 1.56 bits per heavy atom. The molecule has 0 fully saturated rings. The molecule has 32 heavy (non-hydrogen) atoms. The molecule has 8 heteroatoms. The summed E-state index contributed by atoms with van der Waals surface area (Å²) in [5, 5.41) is 3.50. The Bertz CT molecular complexity index is 1220. The molecule has 6 nitrogen and oxygen atoms in total. The number of methoxy groups -OCH3 is 2. The van der Waals surface area contributed by atoms with E-state index in [4.69, 9.17) is 21.1 Å². The maximum atomic E-state index is 13.5. The largest absolute Gasteiger partial charge is 0.497 e. The van der Waals surface area contributed by atoms with E-state index in [0.29, 0.717) is 33.5 Å². The zero-order chi connectivity index (χ0) is 22.8. The maximum absolute atomic E-state index is 13.5. The molecule has 3 aromatic carbocycles. The first-order chi connectivity index (χ1) is 15.4. The number of nitrogens with zero attached hydrogens (tertiary/aromatic N) is 1. The van der Waals surface area contributed by atoms with Gasteiger partial charge in [0.2, 0.25) is 0 Å². The van der Waals surface area contributed by atoms with Gasteiger partial charge in [0.1, 0.15) is 23.0 Å². The summed E-state index contributed by atoms with van der Waals surface area (Å²) in [5.74, 6) is -0.593. The second kappa shape index (κ2) is 8.72. The van der Waals surface area contributed by atoms with E-state index in [1.807, 2.05) is 0 Å². The van der Waals surface area contributed by atoms with Crippen molar-refractivity contribution in [3.8, 4) is 11.5 Å². The van der Waals surface area contributed by atoms with Gasteiger partial charge in [0.05, 0.1) is 31.2 Å². The maximum Gasteiger partial charge on any atom is 0.282 e. The number of nitrogens with one attached hydrogen (secondary N) is 1. The van der Waals surface area contributed by atoms with Gasteiger partial charge >= 0.3 is 0 Å². The highest BCUT2D eigenvalue weighted by atomic mass is 35.5. The average molecular weight is 453 g/mol. The smallest absolute Gasteiger partial charge is 0.282 e. The third-order valence-corrected chi connectivity index (χ3v) is 5.22. The van der Waals surface area contributed by atoms with Crippen molar-refractivity contribution >= 4 is 40.4 Å². The minimum atomic E-state index is -0.568. The molecular formula is C24H18ClFN2O4. The predicted octanol–water partition coefficient (Wildman–Crippen LogP) is 4.89. The van der Waals surface area contributed by atoms with Crippen LogP contribution in [0, 0.1) is 5.82 Å². The molecule has 0 bridgehead atoms. The molecule has 0 radical (unpaired) electrons. The minimum absolute atomic E-state index is 0.0307. The van der Waals surface area contributed by atoms with Gasteiger partial charge < -0.3 is 14.8 Å². The molecule has 0 unspecified atom stereocenters. The first-order valence-corrected chi connectivity index (χ1v) is 9.94. The van der Waals surface area contributed by atoms with Gasteiger partial charge in [-0.25, -0.2) is 9.29 Å². The number of ether oxygens (including phenoxy) is 2.